The van der Waals surface area contributed by atoms with E-state index in [9.17, 15) is 4.79 Å². The van der Waals surface area contributed by atoms with Crippen LogP contribution in [0.5, 0.6) is 5.75 Å². The fourth-order valence-electron chi connectivity index (χ4n) is 1.73. The molecule has 0 N–H and O–H groups in total. The van der Waals surface area contributed by atoms with Gasteiger partial charge in [-0.1, -0.05) is 26.2 Å². The van der Waals surface area contributed by atoms with Crippen LogP contribution in [0.1, 0.15) is 49.4 Å². The van der Waals surface area contributed by atoms with Crippen molar-refractivity contribution in [2.45, 2.75) is 39.0 Å². The number of benzene rings is 1. The number of unbranched alkanes of at least 4 members (excludes halogenated alkanes) is 3. The first-order valence-corrected chi connectivity index (χ1v) is 8.03. The second kappa shape index (κ2) is 9.38. The molecule has 2 nitrogen and oxygen atoms in total. The van der Waals surface area contributed by atoms with Gasteiger partial charge in [0.15, 0.2) is 5.78 Å². The Hall–Kier alpha value is -0.540. The van der Waals surface area contributed by atoms with Crippen molar-refractivity contribution in [3.05, 3.63) is 28.2 Å². The molecule has 1 aromatic rings. The lowest BCUT2D eigenvalue weighted by Gasteiger charge is -2.09. The molecule has 0 fully saturated rings. The molecule has 0 saturated carbocycles. The molecule has 1 aromatic carbocycles. The number of ether oxygens (including phenoxy) is 1. The van der Waals surface area contributed by atoms with Crippen molar-refractivity contribution in [2.24, 2.45) is 0 Å². The first-order chi connectivity index (χ1) is 9.19. The minimum atomic E-state index is 0.0604. The van der Waals surface area contributed by atoms with Gasteiger partial charge in [-0.05, 0) is 40.5 Å². The van der Waals surface area contributed by atoms with Crippen LogP contribution in [0, 0.1) is 0 Å². The zero-order valence-corrected chi connectivity index (χ0v) is 13.6. The predicted molar refractivity (Wildman–Crippen MR) is 83.4 cm³/mol. The molecule has 1 rings (SSSR count). The number of carbonyl (C=O) groups is 1. The number of carbonyl (C=O) groups excluding carboxylic acids is 1. The summed E-state index contributed by atoms with van der Waals surface area (Å²) >= 11 is 9.01. The molecule has 0 amide bonds. The number of alkyl halides is 1. The number of Topliss-reactive ketones (excluding diaryl/α,β-unsaturated/α-hetero) is 1. The van der Waals surface area contributed by atoms with Crippen LogP contribution in [-0.4, -0.2) is 18.3 Å². The van der Waals surface area contributed by atoms with Gasteiger partial charge < -0.3 is 4.74 Å². The summed E-state index contributed by atoms with van der Waals surface area (Å²) in [5.74, 6) is 1.20. The third-order valence-electron chi connectivity index (χ3n) is 2.83. The van der Waals surface area contributed by atoms with Gasteiger partial charge in [-0.3, -0.25) is 4.79 Å². The molecule has 0 heterocycles. The molecule has 106 valence electrons. The maximum absolute atomic E-state index is 11.7. The van der Waals surface area contributed by atoms with Crippen molar-refractivity contribution >= 4 is 33.3 Å². The summed E-state index contributed by atoms with van der Waals surface area (Å²) in [6.45, 7) is 2.90. The molecular formula is C15H20BrClO2. The second-order valence-electron chi connectivity index (χ2n) is 4.42. The van der Waals surface area contributed by atoms with Crippen molar-refractivity contribution in [2.75, 3.05) is 12.5 Å². The van der Waals surface area contributed by atoms with Gasteiger partial charge in [0.05, 0.1) is 11.1 Å². The molecular weight excluding hydrogens is 328 g/mol. The first kappa shape index (κ1) is 16.5. The monoisotopic (exact) mass is 346 g/mol. The zero-order chi connectivity index (χ0) is 14.1. The molecule has 0 bridgehead atoms. The minimum absolute atomic E-state index is 0.0604. The highest BCUT2D eigenvalue weighted by Gasteiger charge is 2.08. The number of ketones is 1. The van der Waals surface area contributed by atoms with Crippen LogP contribution in [0.4, 0.5) is 0 Å². The van der Waals surface area contributed by atoms with E-state index < -0.39 is 0 Å². The molecule has 0 saturated heterocycles. The number of hydrogen-bond donors (Lipinski definition) is 0. The molecule has 0 aliphatic rings. The summed E-state index contributed by atoms with van der Waals surface area (Å²) in [6.07, 6.45) is 5.09. The largest absolute Gasteiger partial charge is 0.492 e. The molecule has 0 radical (unpaired) electrons. The van der Waals surface area contributed by atoms with Crippen molar-refractivity contribution in [3.63, 3.8) is 0 Å². The molecule has 0 aliphatic heterocycles. The number of hydrogen-bond acceptors (Lipinski definition) is 2. The van der Waals surface area contributed by atoms with E-state index in [1.807, 2.05) is 6.07 Å². The van der Waals surface area contributed by atoms with Gasteiger partial charge in [0.2, 0.25) is 0 Å². The Bertz CT molecular complexity index is 407. The quantitative estimate of drug-likeness (QED) is 0.348. The predicted octanol–water partition coefficient (Wildman–Crippen LogP) is 5.22. The van der Waals surface area contributed by atoms with Crippen LogP contribution in [0.3, 0.4) is 0 Å². The standard InChI is InChI=1S/C15H20BrClO2/c1-2-3-4-5-10-19-15-7-6-12(11-13(15)16)14(18)8-9-17/h6-7,11H,2-5,8-10H2,1H3. The van der Waals surface area contributed by atoms with Crippen LogP contribution in [0.2, 0.25) is 0 Å². The van der Waals surface area contributed by atoms with Gasteiger partial charge in [-0.25, -0.2) is 0 Å². The van der Waals surface area contributed by atoms with E-state index in [1.54, 1.807) is 12.1 Å². The lowest BCUT2D eigenvalue weighted by Crippen LogP contribution is -2.02. The van der Waals surface area contributed by atoms with E-state index in [2.05, 4.69) is 22.9 Å². The van der Waals surface area contributed by atoms with Crippen molar-refractivity contribution in [3.8, 4) is 5.75 Å². The third-order valence-corrected chi connectivity index (χ3v) is 3.64. The summed E-state index contributed by atoms with van der Waals surface area (Å²) in [6, 6.07) is 5.43. The highest BCUT2D eigenvalue weighted by molar-refractivity contribution is 9.10. The lowest BCUT2D eigenvalue weighted by molar-refractivity contribution is 0.0989. The van der Waals surface area contributed by atoms with E-state index in [0.717, 1.165) is 16.6 Å². The fraction of sp³-hybridized carbons (Fsp3) is 0.533. The fourth-order valence-corrected chi connectivity index (χ4v) is 2.40. The van der Waals surface area contributed by atoms with Crippen LogP contribution < -0.4 is 4.74 Å². The average molecular weight is 348 g/mol. The average Bonchev–Trinajstić information content (AvgIpc) is 2.40. The Kier molecular flexibility index (Phi) is 8.15. The van der Waals surface area contributed by atoms with Gasteiger partial charge in [-0.15, -0.1) is 11.6 Å². The SMILES string of the molecule is CCCCCCOc1ccc(C(=O)CCCl)cc1Br. The number of rotatable bonds is 9. The molecule has 0 aromatic heterocycles. The Morgan fingerprint density at radius 3 is 2.74 bits per heavy atom. The first-order valence-electron chi connectivity index (χ1n) is 6.70. The Morgan fingerprint density at radius 1 is 1.32 bits per heavy atom. The van der Waals surface area contributed by atoms with Crippen molar-refractivity contribution in [1.29, 1.82) is 0 Å². The second-order valence-corrected chi connectivity index (χ2v) is 5.65. The van der Waals surface area contributed by atoms with E-state index >= 15 is 0 Å². The van der Waals surface area contributed by atoms with E-state index in [0.29, 0.717) is 24.5 Å². The van der Waals surface area contributed by atoms with Crippen LogP contribution in [0.15, 0.2) is 22.7 Å². The van der Waals surface area contributed by atoms with Gasteiger partial charge in [0.1, 0.15) is 5.75 Å². The van der Waals surface area contributed by atoms with Gasteiger partial charge in [0, 0.05) is 17.9 Å². The summed E-state index contributed by atoms with van der Waals surface area (Å²) in [5.41, 5.74) is 0.672. The highest BCUT2D eigenvalue weighted by atomic mass is 79.9. The summed E-state index contributed by atoms with van der Waals surface area (Å²) in [5, 5.41) is 0. The minimum Gasteiger partial charge on any atom is -0.492 e. The maximum Gasteiger partial charge on any atom is 0.164 e. The molecule has 0 atom stereocenters. The normalized spacial score (nSPS) is 10.5. The third kappa shape index (κ3) is 5.96. The Balaban J connectivity index is 2.50. The van der Waals surface area contributed by atoms with Crippen LogP contribution in [0.25, 0.3) is 0 Å². The van der Waals surface area contributed by atoms with Crippen LogP contribution >= 0.6 is 27.5 Å². The van der Waals surface area contributed by atoms with Crippen molar-refractivity contribution in [1.82, 2.24) is 0 Å². The van der Waals surface area contributed by atoms with E-state index in [4.69, 9.17) is 16.3 Å². The lowest BCUT2D eigenvalue weighted by atomic mass is 10.1. The Labute approximate surface area is 128 Å². The van der Waals surface area contributed by atoms with Gasteiger partial charge in [0.25, 0.3) is 0 Å². The summed E-state index contributed by atoms with van der Waals surface area (Å²) in [4.78, 5) is 11.7. The van der Waals surface area contributed by atoms with E-state index in [1.165, 1.54) is 19.3 Å². The molecule has 0 unspecified atom stereocenters. The molecule has 4 heteroatoms. The highest BCUT2D eigenvalue weighted by Crippen LogP contribution is 2.26. The summed E-state index contributed by atoms with van der Waals surface area (Å²) in [7, 11) is 0. The number of halogens is 2. The van der Waals surface area contributed by atoms with Gasteiger partial charge >= 0.3 is 0 Å². The van der Waals surface area contributed by atoms with Crippen LogP contribution in [-0.2, 0) is 0 Å². The van der Waals surface area contributed by atoms with Gasteiger partial charge in [-0.2, -0.15) is 0 Å². The maximum atomic E-state index is 11.7. The molecule has 0 spiro atoms. The molecule has 0 aliphatic carbocycles. The smallest absolute Gasteiger partial charge is 0.164 e. The van der Waals surface area contributed by atoms with Crippen molar-refractivity contribution < 1.29 is 9.53 Å². The molecule has 19 heavy (non-hydrogen) atoms. The van der Waals surface area contributed by atoms with E-state index in [-0.39, 0.29) is 5.78 Å². The Morgan fingerprint density at radius 2 is 2.11 bits per heavy atom. The zero-order valence-electron chi connectivity index (χ0n) is 11.3. The summed E-state index contributed by atoms with van der Waals surface area (Å²) < 4.78 is 6.52. The topological polar surface area (TPSA) is 26.3 Å².